The Morgan fingerprint density at radius 2 is 2.19 bits per heavy atom. The fourth-order valence-electron chi connectivity index (χ4n) is 1.35. The first-order valence-corrected chi connectivity index (χ1v) is 5.03. The molecule has 0 saturated heterocycles. The maximum Gasteiger partial charge on any atom is 0.358 e. The molecule has 0 saturated carbocycles. The average molecular weight is 227 g/mol. The SMILES string of the molecule is COCCCOC(=O)c1c(N)c(C)nn1C. The van der Waals surface area contributed by atoms with Crippen molar-refractivity contribution >= 4 is 11.7 Å². The number of ether oxygens (including phenoxy) is 2. The lowest BCUT2D eigenvalue weighted by Gasteiger charge is -2.05. The van der Waals surface area contributed by atoms with E-state index in [4.69, 9.17) is 15.2 Å². The molecule has 0 aliphatic heterocycles. The number of hydrogen-bond donors (Lipinski definition) is 1. The average Bonchev–Trinajstić information content (AvgIpc) is 2.48. The van der Waals surface area contributed by atoms with Gasteiger partial charge >= 0.3 is 5.97 Å². The number of nitrogen functional groups attached to an aromatic ring is 1. The van der Waals surface area contributed by atoms with Crippen molar-refractivity contribution < 1.29 is 14.3 Å². The molecule has 0 atom stereocenters. The van der Waals surface area contributed by atoms with Crippen LogP contribution in [0.3, 0.4) is 0 Å². The Kier molecular flexibility index (Phi) is 4.30. The van der Waals surface area contributed by atoms with Crippen LogP contribution in [0.4, 0.5) is 5.69 Å². The molecule has 0 unspecified atom stereocenters. The number of carbonyl (C=O) groups excluding carboxylic acids is 1. The van der Waals surface area contributed by atoms with Gasteiger partial charge in [0.25, 0.3) is 0 Å². The van der Waals surface area contributed by atoms with Gasteiger partial charge in [0.1, 0.15) is 0 Å². The first-order valence-electron chi connectivity index (χ1n) is 5.03. The minimum absolute atomic E-state index is 0.301. The summed E-state index contributed by atoms with van der Waals surface area (Å²) in [4.78, 5) is 11.7. The molecule has 1 aromatic rings. The van der Waals surface area contributed by atoms with Gasteiger partial charge in [-0.1, -0.05) is 0 Å². The normalized spacial score (nSPS) is 10.4. The summed E-state index contributed by atoms with van der Waals surface area (Å²) in [6.45, 7) is 2.63. The molecule has 0 spiro atoms. The van der Waals surface area contributed by atoms with E-state index in [9.17, 15) is 4.79 Å². The molecule has 16 heavy (non-hydrogen) atoms. The van der Waals surface area contributed by atoms with E-state index >= 15 is 0 Å². The Bertz CT molecular complexity index is 374. The predicted octanol–water partition coefficient (Wildman–Crippen LogP) is 0.504. The van der Waals surface area contributed by atoms with E-state index in [1.54, 1.807) is 21.1 Å². The van der Waals surface area contributed by atoms with Gasteiger partial charge in [0.15, 0.2) is 5.69 Å². The summed E-state index contributed by atoms with van der Waals surface area (Å²) in [6, 6.07) is 0. The highest BCUT2D eigenvalue weighted by Gasteiger charge is 2.18. The monoisotopic (exact) mass is 227 g/mol. The lowest BCUT2D eigenvalue weighted by Crippen LogP contribution is -2.14. The highest BCUT2D eigenvalue weighted by Crippen LogP contribution is 2.16. The summed E-state index contributed by atoms with van der Waals surface area (Å²) in [5, 5.41) is 4.04. The van der Waals surface area contributed by atoms with Gasteiger partial charge in [-0.25, -0.2) is 4.79 Å². The van der Waals surface area contributed by atoms with Crippen molar-refractivity contribution in [1.29, 1.82) is 0 Å². The molecule has 0 fully saturated rings. The lowest BCUT2D eigenvalue weighted by molar-refractivity contribution is 0.0457. The van der Waals surface area contributed by atoms with Crippen LogP contribution in [0.5, 0.6) is 0 Å². The van der Waals surface area contributed by atoms with Gasteiger partial charge < -0.3 is 15.2 Å². The number of aryl methyl sites for hydroxylation is 2. The fourth-order valence-corrected chi connectivity index (χ4v) is 1.35. The second-order valence-electron chi connectivity index (χ2n) is 3.45. The number of nitrogens with two attached hydrogens (primary N) is 1. The minimum atomic E-state index is -0.447. The Morgan fingerprint density at radius 3 is 2.69 bits per heavy atom. The van der Waals surface area contributed by atoms with Crippen LogP contribution in [0.25, 0.3) is 0 Å². The first-order chi connectivity index (χ1) is 7.57. The lowest BCUT2D eigenvalue weighted by atomic mass is 10.3. The van der Waals surface area contributed by atoms with E-state index in [1.807, 2.05) is 0 Å². The van der Waals surface area contributed by atoms with Gasteiger partial charge in [-0.05, 0) is 6.92 Å². The Hall–Kier alpha value is -1.56. The first kappa shape index (κ1) is 12.5. The van der Waals surface area contributed by atoms with Gasteiger partial charge in [-0.3, -0.25) is 4.68 Å². The number of hydrogen-bond acceptors (Lipinski definition) is 5. The maximum atomic E-state index is 11.7. The molecule has 6 heteroatoms. The van der Waals surface area contributed by atoms with E-state index in [2.05, 4.69) is 5.10 Å². The second kappa shape index (κ2) is 5.50. The van der Waals surface area contributed by atoms with Crippen molar-refractivity contribution in [1.82, 2.24) is 9.78 Å². The van der Waals surface area contributed by atoms with Crippen molar-refractivity contribution in [2.24, 2.45) is 7.05 Å². The number of methoxy groups -OCH3 is 1. The predicted molar refractivity (Wildman–Crippen MR) is 59.1 cm³/mol. The van der Waals surface area contributed by atoms with Crippen LogP contribution in [0.1, 0.15) is 22.6 Å². The van der Waals surface area contributed by atoms with Gasteiger partial charge in [-0.15, -0.1) is 0 Å². The van der Waals surface area contributed by atoms with Gasteiger partial charge in [0, 0.05) is 27.2 Å². The summed E-state index contributed by atoms with van der Waals surface area (Å²) in [5.41, 5.74) is 7.03. The van der Waals surface area contributed by atoms with Crippen molar-refractivity contribution in [3.63, 3.8) is 0 Å². The summed E-state index contributed by atoms with van der Waals surface area (Å²) in [6.07, 6.45) is 0.666. The zero-order chi connectivity index (χ0) is 12.1. The van der Waals surface area contributed by atoms with Crippen molar-refractivity contribution in [2.45, 2.75) is 13.3 Å². The summed E-state index contributed by atoms with van der Waals surface area (Å²) >= 11 is 0. The smallest absolute Gasteiger partial charge is 0.358 e. The molecule has 0 radical (unpaired) electrons. The highest BCUT2D eigenvalue weighted by molar-refractivity contribution is 5.93. The molecule has 0 amide bonds. The number of esters is 1. The molecule has 1 rings (SSSR count). The molecule has 0 aliphatic carbocycles. The van der Waals surface area contributed by atoms with Gasteiger partial charge in [0.05, 0.1) is 18.0 Å². The topological polar surface area (TPSA) is 79.4 Å². The molecule has 0 aliphatic rings. The molecular weight excluding hydrogens is 210 g/mol. The van der Waals surface area contributed by atoms with E-state index in [1.165, 1.54) is 4.68 Å². The molecule has 1 heterocycles. The van der Waals surface area contributed by atoms with E-state index in [0.29, 0.717) is 36.7 Å². The molecule has 6 nitrogen and oxygen atoms in total. The molecule has 90 valence electrons. The number of anilines is 1. The van der Waals surface area contributed by atoms with Crippen LogP contribution in [0, 0.1) is 6.92 Å². The van der Waals surface area contributed by atoms with Crippen LogP contribution in [-0.2, 0) is 16.5 Å². The van der Waals surface area contributed by atoms with Gasteiger partial charge in [0.2, 0.25) is 0 Å². The van der Waals surface area contributed by atoms with E-state index < -0.39 is 5.97 Å². The summed E-state index contributed by atoms with van der Waals surface area (Å²) in [7, 11) is 3.26. The van der Waals surface area contributed by atoms with Crippen LogP contribution in [-0.4, -0.2) is 36.1 Å². The number of carbonyl (C=O) groups is 1. The summed E-state index contributed by atoms with van der Waals surface area (Å²) < 4.78 is 11.3. The third kappa shape index (κ3) is 2.73. The van der Waals surface area contributed by atoms with Gasteiger partial charge in [-0.2, -0.15) is 5.10 Å². The van der Waals surface area contributed by atoms with Crippen molar-refractivity contribution in [2.75, 3.05) is 26.1 Å². The number of rotatable bonds is 5. The zero-order valence-electron chi connectivity index (χ0n) is 9.82. The highest BCUT2D eigenvalue weighted by atomic mass is 16.5. The molecular formula is C10H17N3O3. The Balaban J connectivity index is 2.59. The summed E-state index contributed by atoms with van der Waals surface area (Å²) in [5.74, 6) is -0.447. The maximum absolute atomic E-state index is 11.7. The third-order valence-electron chi connectivity index (χ3n) is 2.19. The minimum Gasteiger partial charge on any atom is -0.461 e. The quantitative estimate of drug-likeness (QED) is 0.585. The Morgan fingerprint density at radius 1 is 1.50 bits per heavy atom. The van der Waals surface area contributed by atoms with E-state index in [0.717, 1.165) is 0 Å². The fraction of sp³-hybridized carbons (Fsp3) is 0.600. The van der Waals surface area contributed by atoms with Crippen LogP contribution in [0.15, 0.2) is 0 Å². The number of nitrogens with zero attached hydrogens (tertiary/aromatic N) is 2. The molecule has 1 aromatic heterocycles. The van der Waals surface area contributed by atoms with E-state index in [-0.39, 0.29) is 0 Å². The second-order valence-corrected chi connectivity index (χ2v) is 3.45. The standard InChI is InChI=1S/C10H17N3O3/c1-7-8(11)9(13(2)12-7)10(14)16-6-4-5-15-3/h4-6,11H2,1-3H3. The Labute approximate surface area is 94.3 Å². The molecule has 2 N–H and O–H groups in total. The molecule has 0 aromatic carbocycles. The number of aromatic nitrogens is 2. The molecule has 0 bridgehead atoms. The zero-order valence-corrected chi connectivity index (χ0v) is 9.82. The van der Waals surface area contributed by atoms with Crippen LogP contribution in [0.2, 0.25) is 0 Å². The van der Waals surface area contributed by atoms with Crippen LogP contribution < -0.4 is 5.73 Å². The van der Waals surface area contributed by atoms with Crippen molar-refractivity contribution in [3.05, 3.63) is 11.4 Å². The largest absolute Gasteiger partial charge is 0.461 e. The van der Waals surface area contributed by atoms with Crippen LogP contribution >= 0.6 is 0 Å². The van der Waals surface area contributed by atoms with Crippen molar-refractivity contribution in [3.8, 4) is 0 Å². The third-order valence-corrected chi connectivity index (χ3v) is 2.19.